The molecule has 1 aliphatic heterocycles. The first-order chi connectivity index (χ1) is 9.75. The monoisotopic (exact) mass is 283 g/mol. The lowest BCUT2D eigenvalue weighted by molar-refractivity contribution is -0.138. The highest BCUT2D eigenvalue weighted by molar-refractivity contribution is 5.66. The summed E-state index contributed by atoms with van der Waals surface area (Å²) in [6.45, 7) is 2.62. The predicted octanol–water partition coefficient (Wildman–Crippen LogP) is 3.06. The van der Waals surface area contributed by atoms with Gasteiger partial charge >= 0.3 is 5.97 Å². The van der Waals surface area contributed by atoms with Gasteiger partial charge in [-0.25, -0.2) is 0 Å². The highest BCUT2D eigenvalue weighted by Gasteiger charge is 2.25. The molecule has 0 aromatic carbocycles. The molecule has 20 heavy (non-hydrogen) atoms. The molecule has 1 saturated heterocycles. The van der Waals surface area contributed by atoms with Crippen molar-refractivity contribution in [2.75, 3.05) is 19.7 Å². The zero-order valence-electron chi connectivity index (χ0n) is 12.6. The second-order valence-corrected chi connectivity index (χ2v) is 6.25. The lowest BCUT2D eigenvalue weighted by Crippen LogP contribution is -2.43. The minimum absolute atomic E-state index is 0.128. The molecule has 2 rings (SSSR count). The predicted molar refractivity (Wildman–Crippen MR) is 78.9 cm³/mol. The molecule has 0 spiro atoms. The summed E-state index contributed by atoms with van der Waals surface area (Å²) in [6.07, 6.45) is 12.3. The quantitative estimate of drug-likeness (QED) is 0.842. The van der Waals surface area contributed by atoms with Crippen LogP contribution in [0.3, 0.4) is 0 Å². The van der Waals surface area contributed by atoms with E-state index in [4.69, 9.17) is 9.84 Å². The Hall–Kier alpha value is -0.610. The highest BCUT2D eigenvalue weighted by Crippen LogP contribution is 2.25. The smallest absolute Gasteiger partial charge is 0.305 e. The number of carbonyl (C=O) groups is 1. The molecule has 0 unspecified atom stereocenters. The molecule has 0 radical (unpaired) electrons. The number of hydrogen-bond acceptors (Lipinski definition) is 3. The molecule has 0 amide bonds. The molecule has 4 nitrogen and oxygen atoms in total. The molecule has 0 bridgehead atoms. The highest BCUT2D eigenvalue weighted by atomic mass is 16.5. The number of hydrogen-bond donors (Lipinski definition) is 1. The molecule has 1 N–H and O–H groups in total. The van der Waals surface area contributed by atoms with Gasteiger partial charge in [0.15, 0.2) is 0 Å². The van der Waals surface area contributed by atoms with Gasteiger partial charge in [-0.3, -0.25) is 4.79 Å². The number of nitrogens with zero attached hydrogens (tertiary/aromatic N) is 1. The van der Waals surface area contributed by atoms with Crippen LogP contribution in [0.4, 0.5) is 0 Å². The van der Waals surface area contributed by atoms with E-state index in [-0.39, 0.29) is 12.5 Å². The minimum Gasteiger partial charge on any atom is -0.481 e. The van der Waals surface area contributed by atoms with Crippen LogP contribution in [0.25, 0.3) is 0 Å². The Morgan fingerprint density at radius 2 is 1.60 bits per heavy atom. The van der Waals surface area contributed by atoms with E-state index in [2.05, 4.69) is 4.90 Å². The average molecular weight is 283 g/mol. The molecular weight excluding hydrogens is 254 g/mol. The Labute approximate surface area is 122 Å². The zero-order chi connectivity index (χ0) is 14.2. The average Bonchev–Trinajstić information content (AvgIpc) is 2.39. The molecule has 0 atom stereocenters. The fraction of sp³-hybridized carbons (Fsp3) is 0.938. The molecular formula is C16H29NO3. The molecule has 2 fully saturated rings. The Morgan fingerprint density at radius 3 is 2.20 bits per heavy atom. The number of carboxylic acids is 1. The molecule has 0 aromatic heterocycles. The van der Waals surface area contributed by atoms with E-state index in [1.54, 1.807) is 0 Å². The van der Waals surface area contributed by atoms with Crippen molar-refractivity contribution in [3.8, 4) is 0 Å². The van der Waals surface area contributed by atoms with Crippen LogP contribution >= 0.6 is 0 Å². The normalized spacial score (nSPS) is 24.2. The summed E-state index contributed by atoms with van der Waals surface area (Å²) in [6, 6.07) is 0.787. The Balaban J connectivity index is 1.66. The van der Waals surface area contributed by atoms with Gasteiger partial charge in [0.2, 0.25) is 0 Å². The van der Waals surface area contributed by atoms with Gasteiger partial charge in [-0.15, -0.1) is 0 Å². The Bertz CT molecular complexity index is 279. The molecule has 1 saturated carbocycles. The van der Waals surface area contributed by atoms with Gasteiger partial charge in [-0.05, 0) is 25.7 Å². The van der Waals surface area contributed by atoms with E-state index in [0.717, 1.165) is 32.0 Å². The van der Waals surface area contributed by atoms with Crippen LogP contribution in [0.5, 0.6) is 0 Å². The van der Waals surface area contributed by atoms with E-state index >= 15 is 0 Å². The summed E-state index contributed by atoms with van der Waals surface area (Å²) < 4.78 is 5.67. The maximum Gasteiger partial charge on any atom is 0.305 e. The fourth-order valence-corrected chi connectivity index (χ4v) is 3.52. The SMILES string of the molecule is O=C(O)CCOC1CCN(C2CCCCCCC2)CC1. The van der Waals surface area contributed by atoms with Crippen molar-refractivity contribution >= 4 is 5.97 Å². The van der Waals surface area contributed by atoms with Crippen LogP contribution in [0.15, 0.2) is 0 Å². The van der Waals surface area contributed by atoms with Crippen LogP contribution in [0.1, 0.15) is 64.2 Å². The first-order valence-electron chi connectivity index (χ1n) is 8.33. The third-order valence-corrected chi connectivity index (χ3v) is 4.74. The fourth-order valence-electron chi connectivity index (χ4n) is 3.52. The van der Waals surface area contributed by atoms with Crippen molar-refractivity contribution in [3.63, 3.8) is 0 Å². The van der Waals surface area contributed by atoms with Gasteiger partial charge < -0.3 is 14.7 Å². The van der Waals surface area contributed by atoms with Gasteiger partial charge in [0.25, 0.3) is 0 Å². The van der Waals surface area contributed by atoms with E-state index in [1.807, 2.05) is 0 Å². The number of piperidine rings is 1. The van der Waals surface area contributed by atoms with Crippen molar-refractivity contribution in [1.29, 1.82) is 0 Å². The van der Waals surface area contributed by atoms with Gasteiger partial charge in [-0.2, -0.15) is 0 Å². The van der Waals surface area contributed by atoms with Gasteiger partial charge in [0.05, 0.1) is 19.1 Å². The topological polar surface area (TPSA) is 49.8 Å². The Kier molecular flexibility index (Phi) is 6.80. The summed E-state index contributed by atoms with van der Waals surface area (Å²) in [4.78, 5) is 13.1. The van der Waals surface area contributed by atoms with Gasteiger partial charge in [-0.1, -0.05) is 32.1 Å². The molecule has 4 heteroatoms. The molecule has 1 aliphatic carbocycles. The molecule has 2 aliphatic rings. The molecule has 0 aromatic rings. The second kappa shape index (κ2) is 8.63. The van der Waals surface area contributed by atoms with Crippen LogP contribution in [-0.2, 0) is 9.53 Å². The van der Waals surface area contributed by atoms with Crippen molar-refractivity contribution in [3.05, 3.63) is 0 Å². The van der Waals surface area contributed by atoms with Crippen LogP contribution in [0.2, 0.25) is 0 Å². The number of rotatable bonds is 5. The van der Waals surface area contributed by atoms with E-state index in [0.29, 0.717) is 6.61 Å². The summed E-state index contributed by atoms with van der Waals surface area (Å²) >= 11 is 0. The number of ether oxygens (including phenoxy) is 1. The summed E-state index contributed by atoms with van der Waals surface area (Å²) in [5.74, 6) is -0.767. The van der Waals surface area contributed by atoms with Crippen molar-refractivity contribution in [1.82, 2.24) is 4.90 Å². The molecule has 116 valence electrons. The minimum atomic E-state index is -0.767. The zero-order valence-corrected chi connectivity index (χ0v) is 12.6. The Morgan fingerprint density at radius 1 is 1.00 bits per heavy atom. The van der Waals surface area contributed by atoms with Gasteiger partial charge in [0, 0.05) is 19.1 Å². The number of likely N-dealkylation sites (tertiary alicyclic amines) is 1. The van der Waals surface area contributed by atoms with Crippen LogP contribution in [-0.4, -0.2) is 47.8 Å². The maximum absolute atomic E-state index is 10.5. The first-order valence-corrected chi connectivity index (χ1v) is 8.33. The third kappa shape index (κ3) is 5.41. The van der Waals surface area contributed by atoms with Crippen LogP contribution < -0.4 is 0 Å². The van der Waals surface area contributed by atoms with Gasteiger partial charge in [0.1, 0.15) is 0 Å². The second-order valence-electron chi connectivity index (χ2n) is 6.25. The summed E-state index contributed by atoms with van der Waals surface area (Å²) in [5.41, 5.74) is 0. The first kappa shape index (κ1) is 15.8. The lowest BCUT2D eigenvalue weighted by Gasteiger charge is -2.38. The summed E-state index contributed by atoms with van der Waals surface area (Å²) in [5, 5.41) is 8.62. The largest absolute Gasteiger partial charge is 0.481 e. The number of carboxylic acid groups (broad SMARTS) is 1. The maximum atomic E-state index is 10.5. The van der Waals surface area contributed by atoms with Crippen molar-refractivity contribution < 1.29 is 14.6 Å². The van der Waals surface area contributed by atoms with E-state index in [1.165, 1.54) is 44.9 Å². The van der Waals surface area contributed by atoms with Crippen molar-refractivity contribution in [2.45, 2.75) is 76.4 Å². The third-order valence-electron chi connectivity index (χ3n) is 4.74. The van der Waals surface area contributed by atoms with E-state index < -0.39 is 5.97 Å². The lowest BCUT2D eigenvalue weighted by atomic mass is 9.94. The molecule has 1 heterocycles. The standard InChI is InChI=1S/C16H29NO3/c18-16(19)10-13-20-15-8-11-17(12-9-15)14-6-4-2-1-3-5-7-14/h14-15H,1-13H2,(H,18,19). The van der Waals surface area contributed by atoms with Crippen LogP contribution in [0, 0.1) is 0 Å². The number of aliphatic carboxylic acids is 1. The van der Waals surface area contributed by atoms with E-state index in [9.17, 15) is 4.79 Å². The van der Waals surface area contributed by atoms with Crippen molar-refractivity contribution in [2.24, 2.45) is 0 Å². The summed E-state index contributed by atoms with van der Waals surface area (Å²) in [7, 11) is 0.